The van der Waals surface area contributed by atoms with Gasteiger partial charge in [0.2, 0.25) is 0 Å². The SMILES string of the molecule is CCC(C)CN1CCCC1C(=O)OC. The molecule has 0 aromatic heterocycles. The molecule has 0 spiro atoms. The highest BCUT2D eigenvalue weighted by Crippen LogP contribution is 2.20. The molecule has 3 heteroatoms. The Hall–Kier alpha value is -0.570. The highest BCUT2D eigenvalue weighted by molar-refractivity contribution is 5.75. The maximum absolute atomic E-state index is 11.4. The molecule has 3 nitrogen and oxygen atoms in total. The Morgan fingerprint density at radius 1 is 1.64 bits per heavy atom. The Balaban J connectivity index is 2.46. The van der Waals surface area contributed by atoms with E-state index >= 15 is 0 Å². The summed E-state index contributed by atoms with van der Waals surface area (Å²) < 4.78 is 4.80. The van der Waals surface area contributed by atoms with Gasteiger partial charge in [-0.25, -0.2) is 0 Å². The van der Waals surface area contributed by atoms with Crippen LogP contribution in [0.1, 0.15) is 33.1 Å². The topological polar surface area (TPSA) is 29.5 Å². The summed E-state index contributed by atoms with van der Waals surface area (Å²) >= 11 is 0. The molecular formula is C11H21NO2. The zero-order valence-corrected chi connectivity index (χ0v) is 9.45. The van der Waals surface area contributed by atoms with Crippen molar-refractivity contribution in [2.45, 2.75) is 39.2 Å². The number of methoxy groups -OCH3 is 1. The van der Waals surface area contributed by atoms with E-state index in [9.17, 15) is 4.79 Å². The lowest BCUT2D eigenvalue weighted by molar-refractivity contribution is -0.146. The molecule has 82 valence electrons. The quantitative estimate of drug-likeness (QED) is 0.645. The van der Waals surface area contributed by atoms with E-state index in [1.54, 1.807) is 0 Å². The van der Waals surface area contributed by atoms with Crippen molar-refractivity contribution >= 4 is 5.97 Å². The van der Waals surface area contributed by atoms with E-state index in [-0.39, 0.29) is 12.0 Å². The molecule has 2 atom stereocenters. The molecule has 0 radical (unpaired) electrons. The van der Waals surface area contributed by atoms with E-state index in [4.69, 9.17) is 4.74 Å². The standard InChI is InChI=1S/C11H21NO2/c1-4-9(2)8-12-7-5-6-10(12)11(13)14-3/h9-10H,4-8H2,1-3H3. The van der Waals surface area contributed by atoms with Gasteiger partial charge in [-0.1, -0.05) is 20.3 Å². The van der Waals surface area contributed by atoms with Gasteiger partial charge in [-0.3, -0.25) is 9.69 Å². The number of ether oxygens (including phenoxy) is 1. The summed E-state index contributed by atoms with van der Waals surface area (Å²) in [6, 6.07) is 0.0222. The highest BCUT2D eigenvalue weighted by atomic mass is 16.5. The first-order chi connectivity index (χ1) is 6.69. The average Bonchev–Trinajstić information content (AvgIpc) is 2.64. The summed E-state index contributed by atoms with van der Waals surface area (Å²) in [6.45, 7) is 6.49. The fourth-order valence-electron chi connectivity index (χ4n) is 1.98. The number of esters is 1. The number of hydrogen-bond acceptors (Lipinski definition) is 3. The first kappa shape index (κ1) is 11.5. The summed E-state index contributed by atoms with van der Waals surface area (Å²) in [7, 11) is 1.47. The van der Waals surface area contributed by atoms with Gasteiger partial charge in [0, 0.05) is 6.54 Å². The molecule has 2 unspecified atom stereocenters. The van der Waals surface area contributed by atoms with Gasteiger partial charge in [0.1, 0.15) is 6.04 Å². The fraction of sp³-hybridized carbons (Fsp3) is 0.909. The van der Waals surface area contributed by atoms with Crippen molar-refractivity contribution < 1.29 is 9.53 Å². The third-order valence-electron chi connectivity index (χ3n) is 3.08. The summed E-state index contributed by atoms with van der Waals surface area (Å²) in [5, 5.41) is 0. The van der Waals surface area contributed by atoms with Gasteiger partial charge in [0.25, 0.3) is 0 Å². The first-order valence-corrected chi connectivity index (χ1v) is 5.51. The maximum Gasteiger partial charge on any atom is 0.323 e. The van der Waals surface area contributed by atoms with E-state index in [0.717, 1.165) is 25.9 Å². The molecule has 0 amide bonds. The molecule has 1 aliphatic heterocycles. The van der Waals surface area contributed by atoms with E-state index < -0.39 is 0 Å². The summed E-state index contributed by atoms with van der Waals surface area (Å²) in [4.78, 5) is 13.7. The molecule has 0 bridgehead atoms. The first-order valence-electron chi connectivity index (χ1n) is 5.51. The second-order valence-electron chi connectivity index (χ2n) is 4.19. The average molecular weight is 199 g/mol. The van der Waals surface area contributed by atoms with Crippen LogP contribution in [0.2, 0.25) is 0 Å². The monoisotopic (exact) mass is 199 g/mol. The van der Waals surface area contributed by atoms with E-state index in [2.05, 4.69) is 18.7 Å². The Labute approximate surface area is 86.4 Å². The molecule has 0 aromatic rings. The van der Waals surface area contributed by atoms with Crippen molar-refractivity contribution in [3.8, 4) is 0 Å². The maximum atomic E-state index is 11.4. The second-order valence-corrected chi connectivity index (χ2v) is 4.19. The molecule has 1 rings (SSSR count). The minimum absolute atomic E-state index is 0.0222. The number of carbonyl (C=O) groups excluding carboxylic acids is 1. The second kappa shape index (κ2) is 5.35. The molecular weight excluding hydrogens is 178 g/mol. The van der Waals surface area contributed by atoms with Crippen molar-refractivity contribution in [1.82, 2.24) is 4.90 Å². The van der Waals surface area contributed by atoms with Crippen LogP contribution >= 0.6 is 0 Å². The van der Waals surface area contributed by atoms with Gasteiger partial charge in [-0.15, -0.1) is 0 Å². The van der Waals surface area contributed by atoms with Crippen LogP contribution in [-0.4, -0.2) is 37.1 Å². The van der Waals surface area contributed by atoms with Gasteiger partial charge < -0.3 is 4.74 Å². The zero-order chi connectivity index (χ0) is 10.6. The summed E-state index contributed by atoms with van der Waals surface area (Å²) in [6.07, 6.45) is 3.25. The van der Waals surface area contributed by atoms with Crippen LogP contribution in [0.15, 0.2) is 0 Å². The van der Waals surface area contributed by atoms with Gasteiger partial charge in [-0.2, -0.15) is 0 Å². The fourth-order valence-corrected chi connectivity index (χ4v) is 1.98. The molecule has 1 fully saturated rings. The lowest BCUT2D eigenvalue weighted by Crippen LogP contribution is -2.39. The minimum Gasteiger partial charge on any atom is -0.468 e. The number of likely N-dealkylation sites (tertiary alicyclic amines) is 1. The smallest absolute Gasteiger partial charge is 0.323 e. The van der Waals surface area contributed by atoms with E-state index in [1.165, 1.54) is 13.5 Å². The predicted molar refractivity (Wildman–Crippen MR) is 56.1 cm³/mol. The summed E-state index contributed by atoms with van der Waals surface area (Å²) in [5.41, 5.74) is 0. The van der Waals surface area contributed by atoms with Crippen LogP contribution < -0.4 is 0 Å². The lowest BCUT2D eigenvalue weighted by atomic mass is 10.1. The van der Waals surface area contributed by atoms with Crippen LogP contribution in [0.4, 0.5) is 0 Å². The predicted octanol–water partition coefficient (Wildman–Crippen LogP) is 1.67. The zero-order valence-electron chi connectivity index (χ0n) is 9.45. The van der Waals surface area contributed by atoms with Crippen LogP contribution in [-0.2, 0) is 9.53 Å². The van der Waals surface area contributed by atoms with Crippen LogP contribution in [0.25, 0.3) is 0 Å². The third kappa shape index (κ3) is 2.71. The Kier molecular flexibility index (Phi) is 4.39. The minimum atomic E-state index is -0.0641. The molecule has 1 heterocycles. The molecule has 0 aliphatic carbocycles. The number of rotatable bonds is 4. The van der Waals surface area contributed by atoms with E-state index in [1.807, 2.05) is 0 Å². The van der Waals surface area contributed by atoms with Gasteiger partial charge in [0.15, 0.2) is 0 Å². The lowest BCUT2D eigenvalue weighted by Gasteiger charge is -2.24. The van der Waals surface area contributed by atoms with E-state index in [0.29, 0.717) is 5.92 Å². The molecule has 1 aliphatic rings. The number of nitrogens with zero attached hydrogens (tertiary/aromatic N) is 1. The summed E-state index contributed by atoms with van der Waals surface area (Å²) in [5.74, 6) is 0.603. The Morgan fingerprint density at radius 3 is 2.93 bits per heavy atom. The molecule has 1 saturated heterocycles. The van der Waals surface area contributed by atoms with Crippen molar-refractivity contribution in [1.29, 1.82) is 0 Å². The van der Waals surface area contributed by atoms with Crippen LogP contribution in [0.5, 0.6) is 0 Å². The molecule has 0 N–H and O–H groups in total. The van der Waals surface area contributed by atoms with Gasteiger partial charge in [-0.05, 0) is 25.3 Å². The van der Waals surface area contributed by atoms with Crippen molar-refractivity contribution in [3.05, 3.63) is 0 Å². The normalized spacial score (nSPS) is 24.9. The number of hydrogen-bond donors (Lipinski definition) is 0. The van der Waals surface area contributed by atoms with Crippen LogP contribution in [0, 0.1) is 5.92 Å². The number of carbonyl (C=O) groups is 1. The van der Waals surface area contributed by atoms with Crippen molar-refractivity contribution in [2.75, 3.05) is 20.2 Å². The molecule has 0 saturated carbocycles. The largest absolute Gasteiger partial charge is 0.468 e. The molecule has 14 heavy (non-hydrogen) atoms. The van der Waals surface area contributed by atoms with Crippen molar-refractivity contribution in [2.24, 2.45) is 5.92 Å². The van der Waals surface area contributed by atoms with Crippen molar-refractivity contribution in [3.63, 3.8) is 0 Å². The Bertz CT molecular complexity index is 194. The van der Waals surface area contributed by atoms with Gasteiger partial charge >= 0.3 is 5.97 Å². The van der Waals surface area contributed by atoms with Gasteiger partial charge in [0.05, 0.1) is 7.11 Å². The van der Waals surface area contributed by atoms with Crippen LogP contribution in [0.3, 0.4) is 0 Å². The molecule has 0 aromatic carbocycles. The third-order valence-corrected chi connectivity index (χ3v) is 3.08. The Morgan fingerprint density at radius 2 is 2.36 bits per heavy atom. The highest BCUT2D eigenvalue weighted by Gasteiger charge is 2.31.